The number of aromatic amines is 1. The van der Waals surface area contributed by atoms with Crippen molar-refractivity contribution in [1.29, 1.82) is 0 Å². The molecule has 1 aliphatic rings. The van der Waals surface area contributed by atoms with E-state index in [9.17, 15) is 4.79 Å². The summed E-state index contributed by atoms with van der Waals surface area (Å²) in [4.78, 5) is 15.3. The average Bonchev–Trinajstić information content (AvgIpc) is 2.90. The van der Waals surface area contributed by atoms with Gasteiger partial charge >= 0.3 is 0 Å². The van der Waals surface area contributed by atoms with Crippen molar-refractivity contribution < 1.29 is 4.79 Å². The van der Waals surface area contributed by atoms with Crippen molar-refractivity contribution in [2.24, 2.45) is 0 Å². The lowest BCUT2D eigenvalue weighted by Gasteiger charge is -2.10. The highest BCUT2D eigenvalue weighted by atomic mass is 16.1. The van der Waals surface area contributed by atoms with Gasteiger partial charge in [0.25, 0.3) is 0 Å². The normalized spacial score (nSPS) is 14.0. The van der Waals surface area contributed by atoms with Gasteiger partial charge in [0.2, 0.25) is 0 Å². The summed E-state index contributed by atoms with van der Waals surface area (Å²) in [5.74, 6) is 0.261. The van der Waals surface area contributed by atoms with Crippen LogP contribution in [0, 0.1) is 0 Å². The minimum absolute atomic E-state index is 0.261. The molecule has 20 heavy (non-hydrogen) atoms. The molecule has 0 atom stereocenters. The van der Waals surface area contributed by atoms with E-state index in [4.69, 9.17) is 0 Å². The molecule has 0 aliphatic heterocycles. The Labute approximate surface area is 118 Å². The van der Waals surface area contributed by atoms with Crippen LogP contribution < -0.4 is 0 Å². The number of benzene rings is 2. The monoisotopic (exact) mass is 265 g/mol. The van der Waals surface area contributed by atoms with Gasteiger partial charge in [-0.2, -0.15) is 0 Å². The molecule has 2 aromatic carbocycles. The number of hydrogen-bond acceptors (Lipinski definition) is 1. The first-order valence-corrected chi connectivity index (χ1v) is 7.40. The van der Waals surface area contributed by atoms with Crippen LogP contribution in [0.2, 0.25) is 0 Å². The molecule has 0 fully saturated rings. The van der Waals surface area contributed by atoms with Crippen LogP contribution in [0.25, 0.3) is 21.7 Å². The van der Waals surface area contributed by atoms with E-state index in [1.54, 1.807) is 0 Å². The third-order valence-corrected chi connectivity index (χ3v) is 3.90. The van der Waals surface area contributed by atoms with Gasteiger partial charge in [0.15, 0.2) is 5.78 Å². The van der Waals surface area contributed by atoms with Gasteiger partial charge in [0.1, 0.15) is 0 Å². The van der Waals surface area contributed by atoms with Crippen LogP contribution in [0.1, 0.15) is 42.7 Å². The van der Waals surface area contributed by atoms with E-state index >= 15 is 0 Å². The number of aryl methyl sites for hydroxylation is 1. The number of rotatable bonds is 0. The van der Waals surface area contributed by atoms with Gasteiger partial charge in [-0.1, -0.05) is 44.2 Å². The summed E-state index contributed by atoms with van der Waals surface area (Å²) in [5, 5.41) is 3.74. The van der Waals surface area contributed by atoms with Crippen LogP contribution in [0.5, 0.6) is 0 Å². The summed E-state index contributed by atoms with van der Waals surface area (Å²) in [7, 11) is 0. The van der Waals surface area contributed by atoms with Gasteiger partial charge < -0.3 is 4.98 Å². The number of H-pyrrole nitrogens is 1. The fraction of sp³-hybridized carbons (Fsp3) is 0.278. The summed E-state index contributed by atoms with van der Waals surface area (Å²) in [6, 6.07) is 12.6. The minimum Gasteiger partial charge on any atom is -0.352 e. The predicted octanol–water partition coefficient (Wildman–Crippen LogP) is 4.87. The second-order valence-corrected chi connectivity index (χ2v) is 4.96. The van der Waals surface area contributed by atoms with E-state index in [0.29, 0.717) is 6.42 Å². The molecule has 1 aliphatic carbocycles. The lowest BCUT2D eigenvalue weighted by molar-refractivity contribution is 0.0968. The first-order chi connectivity index (χ1) is 9.84. The number of carbonyl (C=O) groups is 1. The molecule has 0 spiro atoms. The fourth-order valence-corrected chi connectivity index (χ4v) is 3.07. The lowest BCUT2D eigenvalue weighted by atomic mass is 9.93. The fourth-order valence-electron chi connectivity index (χ4n) is 3.07. The van der Waals surface area contributed by atoms with E-state index in [1.807, 2.05) is 13.8 Å². The molecule has 0 radical (unpaired) electrons. The molecule has 102 valence electrons. The van der Waals surface area contributed by atoms with Crippen LogP contribution in [-0.2, 0) is 6.42 Å². The summed E-state index contributed by atoms with van der Waals surface area (Å²) in [5.41, 5.74) is 3.15. The maximum atomic E-state index is 12.0. The summed E-state index contributed by atoms with van der Waals surface area (Å²) in [6.45, 7) is 4.00. The van der Waals surface area contributed by atoms with Crippen molar-refractivity contribution in [3.05, 3.63) is 47.7 Å². The summed E-state index contributed by atoms with van der Waals surface area (Å²) < 4.78 is 0. The zero-order chi connectivity index (χ0) is 14.1. The largest absolute Gasteiger partial charge is 0.352 e. The summed E-state index contributed by atoms with van der Waals surface area (Å²) in [6.07, 6.45) is 2.66. The van der Waals surface area contributed by atoms with E-state index in [1.165, 1.54) is 21.7 Å². The number of aromatic nitrogens is 1. The Morgan fingerprint density at radius 1 is 1.00 bits per heavy atom. The lowest BCUT2D eigenvalue weighted by Crippen LogP contribution is -2.09. The molecule has 2 nitrogen and oxygen atoms in total. The first-order valence-electron chi connectivity index (χ1n) is 7.40. The van der Waals surface area contributed by atoms with E-state index in [-0.39, 0.29) is 5.78 Å². The Kier molecular flexibility index (Phi) is 3.31. The van der Waals surface area contributed by atoms with Gasteiger partial charge in [0.05, 0.1) is 5.69 Å². The topological polar surface area (TPSA) is 32.9 Å². The van der Waals surface area contributed by atoms with Crippen molar-refractivity contribution >= 4 is 27.5 Å². The van der Waals surface area contributed by atoms with Gasteiger partial charge in [-0.25, -0.2) is 0 Å². The number of ketones is 1. The van der Waals surface area contributed by atoms with Gasteiger partial charge in [-0.3, -0.25) is 4.79 Å². The Morgan fingerprint density at radius 2 is 1.80 bits per heavy atom. The average molecular weight is 265 g/mol. The predicted molar refractivity (Wildman–Crippen MR) is 84.4 cm³/mol. The zero-order valence-electron chi connectivity index (χ0n) is 12.0. The van der Waals surface area contributed by atoms with Crippen LogP contribution in [0.15, 0.2) is 36.4 Å². The highest BCUT2D eigenvalue weighted by molar-refractivity contribution is 6.13. The van der Waals surface area contributed by atoms with E-state index in [0.717, 1.165) is 24.1 Å². The van der Waals surface area contributed by atoms with Gasteiger partial charge in [0, 0.05) is 17.3 Å². The SMILES string of the molecule is CC.O=C1CCCc2c1[nH]c1ccc3ccccc3c21. The number of fused-ring (bicyclic) bond motifs is 5. The Hall–Kier alpha value is -2.09. The number of Topliss-reactive ketones (excluding diaryl/α,β-unsaturated/α-hetero) is 1. The summed E-state index contributed by atoms with van der Waals surface area (Å²) >= 11 is 0. The third-order valence-electron chi connectivity index (χ3n) is 3.90. The van der Waals surface area contributed by atoms with Gasteiger partial charge in [-0.15, -0.1) is 0 Å². The van der Waals surface area contributed by atoms with Gasteiger partial charge in [-0.05, 0) is 35.2 Å². The van der Waals surface area contributed by atoms with Crippen molar-refractivity contribution in [3.63, 3.8) is 0 Å². The molecule has 1 N–H and O–H groups in total. The van der Waals surface area contributed by atoms with Crippen LogP contribution in [-0.4, -0.2) is 10.8 Å². The first kappa shape index (κ1) is 12.9. The number of nitrogens with one attached hydrogen (secondary N) is 1. The van der Waals surface area contributed by atoms with Crippen molar-refractivity contribution in [1.82, 2.24) is 4.98 Å². The molecule has 3 aromatic rings. The Bertz CT molecular complexity index is 783. The smallest absolute Gasteiger partial charge is 0.179 e. The maximum absolute atomic E-state index is 12.0. The second kappa shape index (κ2) is 5.12. The molecule has 0 saturated carbocycles. The Morgan fingerprint density at radius 3 is 2.65 bits per heavy atom. The molecule has 0 unspecified atom stereocenters. The standard InChI is InChI=1S/C16H13NO.C2H6/c18-14-7-3-6-12-15-11-5-2-1-4-10(11)8-9-13(15)17-16(12)14;1-2/h1-2,4-5,8-9,17H,3,6-7H2;1-2H3. The number of carbonyl (C=O) groups excluding carboxylic acids is 1. The third kappa shape index (κ3) is 1.83. The van der Waals surface area contributed by atoms with Crippen molar-refractivity contribution in [2.75, 3.05) is 0 Å². The second-order valence-electron chi connectivity index (χ2n) is 4.96. The molecule has 0 saturated heterocycles. The molecule has 2 heteroatoms. The molecule has 1 aromatic heterocycles. The Balaban J connectivity index is 0.000000581. The zero-order valence-corrected chi connectivity index (χ0v) is 12.0. The van der Waals surface area contributed by atoms with E-state index < -0.39 is 0 Å². The van der Waals surface area contributed by atoms with Crippen molar-refractivity contribution in [2.45, 2.75) is 33.1 Å². The maximum Gasteiger partial charge on any atom is 0.179 e. The van der Waals surface area contributed by atoms with Crippen LogP contribution in [0.3, 0.4) is 0 Å². The van der Waals surface area contributed by atoms with Crippen LogP contribution >= 0.6 is 0 Å². The van der Waals surface area contributed by atoms with Crippen molar-refractivity contribution in [3.8, 4) is 0 Å². The molecule has 0 amide bonds. The molecular formula is C18H19NO. The van der Waals surface area contributed by atoms with E-state index in [2.05, 4.69) is 41.4 Å². The van der Waals surface area contributed by atoms with Crippen LogP contribution in [0.4, 0.5) is 0 Å². The molecular weight excluding hydrogens is 246 g/mol. The number of hydrogen-bond donors (Lipinski definition) is 1. The highest BCUT2D eigenvalue weighted by Gasteiger charge is 2.22. The molecule has 4 rings (SSSR count). The minimum atomic E-state index is 0.261. The molecule has 0 bridgehead atoms. The highest BCUT2D eigenvalue weighted by Crippen LogP contribution is 2.34. The quantitative estimate of drug-likeness (QED) is 0.618. The molecule has 1 heterocycles.